The summed E-state index contributed by atoms with van der Waals surface area (Å²) in [4.78, 5) is 0. The molecule has 0 saturated carbocycles. The minimum atomic E-state index is -0.526. The van der Waals surface area contributed by atoms with Crippen LogP contribution < -0.4 is 5.32 Å². The molecule has 1 aromatic carbocycles. The number of anilines is 1. The van der Waals surface area contributed by atoms with E-state index in [1.165, 1.54) is 12.1 Å². The summed E-state index contributed by atoms with van der Waals surface area (Å²) in [6.45, 7) is 1.96. The Bertz CT molecular complexity index is 443. The van der Waals surface area contributed by atoms with Crippen LogP contribution in [0.2, 0.25) is 0 Å². The molecule has 0 spiro atoms. The van der Waals surface area contributed by atoms with Crippen molar-refractivity contribution in [2.24, 2.45) is 0 Å². The summed E-state index contributed by atoms with van der Waals surface area (Å²) in [6.07, 6.45) is 1.18. The topological polar surface area (TPSA) is 59.6 Å². The van der Waals surface area contributed by atoms with Gasteiger partial charge >= 0.3 is 0 Å². The van der Waals surface area contributed by atoms with Crippen molar-refractivity contribution < 1.29 is 4.39 Å². The van der Waals surface area contributed by atoms with Crippen LogP contribution in [0.3, 0.4) is 0 Å². The van der Waals surface area contributed by atoms with E-state index in [9.17, 15) is 4.39 Å². The normalized spacial score (nSPS) is 11.2. The van der Waals surface area contributed by atoms with Crippen LogP contribution in [-0.4, -0.2) is 6.04 Å². The maximum Gasteiger partial charge on any atom is 0.141 e. The standard InChI is InChI=1S/C12H12FN3/c1-2-10(5-6-14)16-11-3-4-12(13)9(7-11)8-15/h3-4,7,10,16H,2,5H2,1H3. The van der Waals surface area contributed by atoms with E-state index in [-0.39, 0.29) is 11.6 Å². The van der Waals surface area contributed by atoms with Gasteiger partial charge in [0.15, 0.2) is 0 Å². The van der Waals surface area contributed by atoms with Crippen LogP contribution in [0.4, 0.5) is 10.1 Å². The van der Waals surface area contributed by atoms with Crippen LogP contribution in [-0.2, 0) is 0 Å². The molecule has 82 valence electrons. The molecular formula is C12H12FN3. The van der Waals surface area contributed by atoms with Crippen LogP contribution in [0.15, 0.2) is 18.2 Å². The number of hydrogen-bond donors (Lipinski definition) is 1. The van der Waals surface area contributed by atoms with Gasteiger partial charge in [-0.05, 0) is 24.6 Å². The first kappa shape index (κ1) is 12.0. The van der Waals surface area contributed by atoms with Gasteiger partial charge in [-0.15, -0.1) is 0 Å². The van der Waals surface area contributed by atoms with Crippen LogP contribution >= 0.6 is 0 Å². The second-order valence-corrected chi connectivity index (χ2v) is 3.42. The highest BCUT2D eigenvalue weighted by Gasteiger charge is 2.07. The fraction of sp³-hybridized carbons (Fsp3) is 0.333. The molecule has 0 aliphatic carbocycles. The molecule has 0 heterocycles. The summed E-state index contributed by atoms with van der Waals surface area (Å²) < 4.78 is 13.0. The van der Waals surface area contributed by atoms with Gasteiger partial charge in [-0.2, -0.15) is 10.5 Å². The Morgan fingerprint density at radius 1 is 1.44 bits per heavy atom. The molecule has 0 fully saturated rings. The van der Waals surface area contributed by atoms with E-state index in [0.29, 0.717) is 12.1 Å². The van der Waals surface area contributed by atoms with E-state index in [0.717, 1.165) is 6.42 Å². The summed E-state index contributed by atoms with van der Waals surface area (Å²) in [5.74, 6) is -0.526. The average molecular weight is 217 g/mol. The van der Waals surface area contributed by atoms with Crippen molar-refractivity contribution >= 4 is 5.69 Å². The molecule has 0 aliphatic rings. The zero-order valence-corrected chi connectivity index (χ0v) is 9.00. The largest absolute Gasteiger partial charge is 0.381 e. The molecule has 1 N–H and O–H groups in total. The van der Waals surface area contributed by atoms with Crippen molar-refractivity contribution in [1.82, 2.24) is 0 Å². The summed E-state index contributed by atoms with van der Waals surface area (Å²) in [5.41, 5.74) is 0.678. The monoisotopic (exact) mass is 217 g/mol. The quantitative estimate of drug-likeness (QED) is 0.843. The molecular weight excluding hydrogens is 205 g/mol. The third kappa shape index (κ3) is 2.96. The van der Waals surface area contributed by atoms with Gasteiger partial charge in [-0.25, -0.2) is 4.39 Å². The number of nitrogens with zero attached hydrogens (tertiary/aromatic N) is 2. The Kier molecular flexibility index (Phi) is 4.29. The Balaban J connectivity index is 2.82. The van der Waals surface area contributed by atoms with Gasteiger partial charge in [0.05, 0.1) is 18.1 Å². The average Bonchev–Trinajstić information content (AvgIpc) is 2.30. The first-order valence-corrected chi connectivity index (χ1v) is 5.04. The Hall–Kier alpha value is -2.07. The minimum absolute atomic E-state index is 0.0109. The lowest BCUT2D eigenvalue weighted by Gasteiger charge is -2.15. The van der Waals surface area contributed by atoms with Gasteiger partial charge in [-0.1, -0.05) is 6.92 Å². The molecule has 0 aliphatic heterocycles. The molecule has 0 saturated heterocycles. The van der Waals surface area contributed by atoms with Crippen molar-refractivity contribution in [2.45, 2.75) is 25.8 Å². The van der Waals surface area contributed by atoms with E-state index >= 15 is 0 Å². The zero-order chi connectivity index (χ0) is 12.0. The number of nitrogens with one attached hydrogen (secondary N) is 1. The lowest BCUT2D eigenvalue weighted by Crippen LogP contribution is -2.17. The fourth-order valence-corrected chi connectivity index (χ4v) is 1.34. The highest BCUT2D eigenvalue weighted by molar-refractivity contribution is 5.50. The first-order valence-electron chi connectivity index (χ1n) is 5.04. The molecule has 1 rings (SSSR count). The van der Waals surface area contributed by atoms with Crippen molar-refractivity contribution in [3.8, 4) is 12.1 Å². The third-order valence-electron chi connectivity index (χ3n) is 2.29. The molecule has 1 aromatic rings. The van der Waals surface area contributed by atoms with Crippen LogP contribution in [0.25, 0.3) is 0 Å². The van der Waals surface area contributed by atoms with Gasteiger partial charge in [0.25, 0.3) is 0 Å². The maximum atomic E-state index is 13.0. The third-order valence-corrected chi connectivity index (χ3v) is 2.29. The highest BCUT2D eigenvalue weighted by atomic mass is 19.1. The minimum Gasteiger partial charge on any atom is -0.381 e. The zero-order valence-electron chi connectivity index (χ0n) is 9.00. The van der Waals surface area contributed by atoms with E-state index in [2.05, 4.69) is 11.4 Å². The summed E-state index contributed by atoms with van der Waals surface area (Å²) in [6, 6.07) is 8.16. The number of benzene rings is 1. The van der Waals surface area contributed by atoms with Crippen molar-refractivity contribution in [3.63, 3.8) is 0 Å². The predicted molar refractivity (Wildman–Crippen MR) is 59.0 cm³/mol. The highest BCUT2D eigenvalue weighted by Crippen LogP contribution is 2.16. The summed E-state index contributed by atoms with van der Waals surface area (Å²) >= 11 is 0. The molecule has 0 radical (unpaired) electrons. The Labute approximate surface area is 94.1 Å². The fourth-order valence-electron chi connectivity index (χ4n) is 1.34. The molecule has 0 bridgehead atoms. The molecule has 3 nitrogen and oxygen atoms in total. The predicted octanol–water partition coefficient (Wildman–Crippen LogP) is 2.80. The Morgan fingerprint density at radius 3 is 2.75 bits per heavy atom. The summed E-state index contributed by atoms with van der Waals surface area (Å²) in [5, 5.41) is 20.3. The smallest absolute Gasteiger partial charge is 0.141 e. The van der Waals surface area contributed by atoms with Crippen molar-refractivity contribution in [2.75, 3.05) is 5.32 Å². The lowest BCUT2D eigenvalue weighted by atomic mass is 10.1. The van der Waals surface area contributed by atoms with Crippen LogP contribution in [0.5, 0.6) is 0 Å². The number of hydrogen-bond acceptors (Lipinski definition) is 3. The van der Waals surface area contributed by atoms with Gasteiger partial charge in [-0.3, -0.25) is 0 Å². The SMILES string of the molecule is CCC(CC#N)Nc1ccc(F)c(C#N)c1. The molecule has 1 unspecified atom stereocenters. The van der Waals surface area contributed by atoms with Gasteiger partial charge in [0.1, 0.15) is 11.9 Å². The maximum absolute atomic E-state index is 13.0. The lowest BCUT2D eigenvalue weighted by molar-refractivity contribution is 0.623. The van der Waals surface area contributed by atoms with E-state index < -0.39 is 5.82 Å². The van der Waals surface area contributed by atoms with Crippen LogP contribution in [0, 0.1) is 28.5 Å². The molecule has 0 amide bonds. The molecule has 1 atom stereocenters. The number of nitriles is 2. The van der Waals surface area contributed by atoms with E-state index in [1.54, 1.807) is 12.1 Å². The second-order valence-electron chi connectivity index (χ2n) is 3.42. The summed E-state index contributed by atoms with van der Waals surface area (Å²) in [7, 11) is 0. The molecule has 0 aromatic heterocycles. The van der Waals surface area contributed by atoms with Crippen LogP contribution in [0.1, 0.15) is 25.3 Å². The molecule has 16 heavy (non-hydrogen) atoms. The first-order chi connectivity index (χ1) is 7.71. The van der Waals surface area contributed by atoms with Gasteiger partial charge in [0, 0.05) is 11.7 Å². The number of rotatable bonds is 4. The number of halogens is 1. The van der Waals surface area contributed by atoms with Gasteiger partial charge in [0.2, 0.25) is 0 Å². The van der Waals surface area contributed by atoms with Crippen molar-refractivity contribution in [3.05, 3.63) is 29.6 Å². The van der Waals surface area contributed by atoms with E-state index in [1.807, 2.05) is 6.92 Å². The second kappa shape index (κ2) is 5.72. The Morgan fingerprint density at radius 2 is 2.19 bits per heavy atom. The van der Waals surface area contributed by atoms with E-state index in [4.69, 9.17) is 10.5 Å². The van der Waals surface area contributed by atoms with Gasteiger partial charge < -0.3 is 5.32 Å². The van der Waals surface area contributed by atoms with Crippen molar-refractivity contribution in [1.29, 1.82) is 10.5 Å². The molecule has 4 heteroatoms.